The van der Waals surface area contributed by atoms with Crippen molar-refractivity contribution in [2.75, 3.05) is 20.2 Å². The second-order valence-corrected chi connectivity index (χ2v) is 8.31. The Kier molecular flexibility index (Phi) is 7.12. The largest absolute Gasteiger partial charge is 0.496 e. The Morgan fingerprint density at radius 1 is 1.16 bits per heavy atom. The molecule has 2 atom stereocenters. The van der Waals surface area contributed by atoms with Crippen LogP contribution in [0.5, 0.6) is 5.75 Å². The Hall–Kier alpha value is -3.25. The Bertz CT molecular complexity index is 1040. The number of piperidine rings is 1. The molecular formula is C26H30N4O2. The van der Waals surface area contributed by atoms with E-state index in [9.17, 15) is 4.79 Å². The molecule has 1 amide bonds. The predicted octanol–water partition coefficient (Wildman–Crippen LogP) is 4.18. The Morgan fingerprint density at radius 2 is 2.00 bits per heavy atom. The lowest BCUT2D eigenvalue weighted by molar-refractivity contribution is 0.0871. The fourth-order valence-electron chi connectivity index (χ4n) is 4.47. The Balaban J connectivity index is 1.54. The van der Waals surface area contributed by atoms with Crippen molar-refractivity contribution in [2.45, 2.75) is 32.4 Å². The van der Waals surface area contributed by atoms with Crippen molar-refractivity contribution >= 4 is 5.91 Å². The van der Waals surface area contributed by atoms with Gasteiger partial charge in [0.15, 0.2) is 0 Å². The third-order valence-corrected chi connectivity index (χ3v) is 5.99. The van der Waals surface area contributed by atoms with E-state index in [1.54, 1.807) is 19.4 Å². The van der Waals surface area contributed by atoms with E-state index < -0.39 is 0 Å². The highest BCUT2D eigenvalue weighted by Crippen LogP contribution is 2.30. The van der Waals surface area contributed by atoms with E-state index in [4.69, 9.17) is 4.74 Å². The predicted molar refractivity (Wildman–Crippen MR) is 124 cm³/mol. The van der Waals surface area contributed by atoms with E-state index in [1.807, 2.05) is 49.4 Å². The minimum Gasteiger partial charge on any atom is -0.496 e. The fourth-order valence-corrected chi connectivity index (χ4v) is 4.47. The molecule has 3 aromatic rings. The van der Waals surface area contributed by atoms with Crippen LogP contribution in [0.25, 0.3) is 0 Å². The number of carbonyl (C=O) groups excluding carboxylic acids is 1. The molecule has 0 unspecified atom stereocenters. The van der Waals surface area contributed by atoms with Crippen molar-refractivity contribution < 1.29 is 9.53 Å². The number of nitrogens with one attached hydrogen (secondary N) is 1. The summed E-state index contributed by atoms with van der Waals surface area (Å²) in [5, 5.41) is 3.26. The van der Waals surface area contributed by atoms with E-state index in [-0.39, 0.29) is 17.9 Å². The van der Waals surface area contributed by atoms with E-state index >= 15 is 0 Å². The van der Waals surface area contributed by atoms with Crippen LogP contribution in [0.3, 0.4) is 0 Å². The highest BCUT2D eigenvalue weighted by molar-refractivity contribution is 5.97. The third kappa shape index (κ3) is 5.32. The monoisotopic (exact) mass is 430 g/mol. The van der Waals surface area contributed by atoms with Crippen molar-refractivity contribution in [1.29, 1.82) is 0 Å². The number of nitrogens with zero attached hydrogens (tertiary/aromatic N) is 3. The molecule has 1 aliphatic heterocycles. The highest BCUT2D eigenvalue weighted by Gasteiger charge is 2.31. The molecule has 4 rings (SSSR count). The number of ether oxygens (including phenoxy) is 1. The topological polar surface area (TPSA) is 67.3 Å². The molecule has 0 spiro atoms. The maximum Gasteiger partial charge on any atom is 0.255 e. The first-order chi connectivity index (χ1) is 15.6. The lowest BCUT2D eigenvalue weighted by Crippen LogP contribution is -2.43. The molecule has 0 aliphatic carbocycles. The van der Waals surface area contributed by atoms with Gasteiger partial charge in [-0.1, -0.05) is 24.3 Å². The lowest BCUT2D eigenvalue weighted by Gasteiger charge is -2.37. The van der Waals surface area contributed by atoms with Gasteiger partial charge in [0, 0.05) is 25.0 Å². The van der Waals surface area contributed by atoms with Gasteiger partial charge in [-0.3, -0.25) is 19.7 Å². The molecule has 3 heterocycles. The maximum atomic E-state index is 13.2. The van der Waals surface area contributed by atoms with Gasteiger partial charge in [-0.25, -0.2) is 0 Å². The van der Waals surface area contributed by atoms with E-state index in [2.05, 4.69) is 32.3 Å². The lowest BCUT2D eigenvalue weighted by atomic mass is 9.88. The number of amides is 1. The summed E-state index contributed by atoms with van der Waals surface area (Å²) in [6.45, 7) is 4.74. The van der Waals surface area contributed by atoms with Crippen LogP contribution in [-0.4, -0.2) is 41.0 Å². The van der Waals surface area contributed by atoms with Gasteiger partial charge in [0.05, 0.1) is 30.1 Å². The average molecular weight is 431 g/mol. The molecular weight excluding hydrogens is 400 g/mol. The van der Waals surface area contributed by atoms with Crippen LogP contribution < -0.4 is 10.1 Å². The number of hydrogen-bond donors (Lipinski definition) is 1. The molecule has 166 valence electrons. The van der Waals surface area contributed by atoms with E-state index in [1.165, 1.54) is 0 Å². The maximum absolute atomic E-state index is 13.2. The summed E-state index contributed by atoms with van der Waals surface area (Å²) >= 11 is 0. The molecule has 0 bridgehead atoms. The number of methoxy groups -OCH3 is 1. The van der Waals surface area contributed by atoms with Crippen LogP contribution in [-0.2, 0) is 6.54 Å². The van der Waals surface area contributed by atoms with Gasteiger partial charge >= 0.3 is 0 Å². The molecule has 6 heteroatoms. The average Bonchev–Trinajstić information content (AvgIpc) is 2.83. The summed E-state index contributed by atoms with van der Waals surface area (Å²) in [4.78, 5) is 24.9. The zero-order valence-electron chi connectivity index (χ0n) is 18.7. The van der Waals surface area contributed by atoms with Gasteiger partial charge in [0.25, 0.3) is 5.91 Å². The number of aromatic nitrogens is 2. The molecule has 0 saturated carbocycles. The number of likely N-dealkylation sites (tertiary alicyclic amines) is 1. The Labute approximate surface area is 189 Å². The van der Waals surface area contributed by atoms with Crippen molar-refractivity contribution in [3.05, 3.63) is 89.5 Å². The number of aryl methyl sites for hydroxylation is 1. The smallest absolute Gasteiger partial charge is 0.255 e. The number of rotatable bonds is 7. The van der Waals surface area contributed by atoms with Gasteiger partial charge < -0.3 is 10.1 Å². The van der Waals surface area contributed by atoms with Crippen LogP contribution in [0.1, 0.15) is 46.3 Å². The zero-order valence-corrected chi connectivity index (χ0v) is 18.7. The second kappa shape index (κ2) is 10.4. The van der Waals surface area contributed by atoms with E-state index in [0.29, 0.717) is 11.3 Å². The van der Waals surface area contributed by atoms with Crippen LogP contribution in [0, 0.1) is 12.8 Å². The van der Waals surface area contributed by atoms with Crippen molar-refractivity contribution in [2.24, 2.45) is 5.92 Å². The van der Waals surface area contributed by atoms with Crippen molar-refractivity contribution in [3.8, 4) is 5.75 Å². The molecule has 0 radical (unpaired) electrons. The first-order valence-electron chi connectivity index (χ1n) is 11.1. The van der Waals surface area contributed by atoms with Crippen LogP contribution in [0.4, 0.5) is 0 Å². The number of hydrogen-bond acceptors (Lipinski definition) is 5. The normalized spacial score (nSPS) is 17.5. The van der Waals surface area contributed by atoms with E-state index in [0.717, 1.165) is 49.6 Å². The quantitative estimate of drug-likeness (QED) is 0.609. The van der Waals surface area contributed by atoms with Crippen LogP contribution in [0.2, 0.25) is 0 Å². The summed E-state index contributed by atoms with van der Waals surface area (Å²) < 4.78 is 5.40. The van der Waals surface area contributed by atoms with Gasteiger partial charge in [-0.15, -0.1) is 0 Å². The number of benzene rings is 1. The standard InChI is InChI=1S/C26H30N4O2/c1-19-9-7-11-21(28-19)18-30-16-8-10-20(17-30)25(23-13-5-6-15-27-23)29-26(31)22-12-3-4-14-24(22)32-2/h3-7,9,11-15,20,25H,8,10,16-18H2,1-2H3,(H,29,31)/t20-,25-/m1/s1. The van der Waals surface area contributed by atoms with Gasteiger partial charge in [-0.2, -0.15) is 0 Å². The number of carbonyl (C=O) groups is 1. The molecule has 1 saturated heterocycles. The molecule has 1 fully saturated rings. The summed E-state index contributed by atoms with van der Waals surface area (Å²) in [6.07, 6.45) is 3.89. The molecule has 1 aromatic carbocycles. The summed E-state index contributed by atoms with van der Waals surface area (Å²) in [6, 6.07) is 19.2. The molecule has 32 heavy (non-hydrogen) atoms. The molecule has 2 aromatic heterocycles. The summed E-state index contributed by atoms with van der Waals surface area (Å²) in [5.74, 6) is 0.679. The van der Waals surface area contributed by atoms with Crippen LogP contribution in [0.15, 0.2) is 66.9 Å². The molecule has 6 nitrogen and oxygen atoms in total. The Morgan fingerprint density at radius 3 is 2.78 bits per heavy atom. The molecule has 1 aliphatic rings. The summed E-state index contributed by atoms with van der Waals surface area (Å²) in [5.41, 5.74) is 3.54. The fraction of sp³-hybridized carbons (Fsp3) is 0.346. The van der Waals surface area contributed by atoms with Gasteiger partial charge in [-0.05, 0) is 68.6 Å². The molecule has 1 N–H and O–H groups in total. The third-order valence-electron chi connectivity index (χ3n) is 5.99. The second-order valence-electron chi connectivity index (χ2n) is 8.31. The van der Waals surface area contributed by atoms with Crippen molar-refractivity contribution in [3.63, 3.8) is 0 Å². The van der Waals surface area contributed by atoms with Gasteiger partial charge in [0.2, 0.25) is 0 Å². The minimum atomic E-state index is -0.179. The first-order valence-corrected chi connectivity index (χ1v) is 11.1. The van der Waals surface area contributed by atoms with Gasteiger partial charge in [0.1, 0.15) is 5.75 Å². The first kappa shape index (κ1) is 22.0. The van der Waals surface area contributed by atoms with Crippen LogP contribution >= 0.6 is 0 Å². The zero-order chi connectivity index (χ0) is 22.3. The minimum absolute atomic E-state index is 0.143. The SMILES string of the molecule is COc1ccccc1C(=O)N[C@@H](c1ccccn1)[C@@H]1CCCN(Cc2cccc(C)n2)C1. The number of para-hydroxylation sites is 1. The number of pyridine rings is 2. The van der Waals surface area contributed by atoms with Crippen molar-refractivity contribution in [1.82, 2.24) is 20.2 Å². The highest BCUT2D eigenvalue weighted by atomic mass is 16.5. The summed E-state index contributed by atoms with van der Waals surface area (Å²) in [7, 11) is 1.58.